The number of aryl methyl sites for hydroxylation is 1. The SMILES string of the molecule is CCOC(=O)c1cc2c(C)cc(CO)cc2oc1=O. The van der Waals surface area contributed by atoms with Gasteiger partial charge in [-0.1, -0.05) is 6.07 Å². The van der Waals surface area contributed by atoms with Gasteiger partial charge in [0.2, 0.25) is 0 Å². The lowest BCUT2D eigenvalue weighted by Crippen LogP contribution is -2.16. The predicted octanol–water partition coefficient (Wildman–Crippen LogP) is 1.77. The van der Waals surface area contributed by atoms with Crippen molar-refractivity contribution >= 4 is 16.9 Å². The normalized spacial score (nSPS) is 10.7. The van der Waals surface area contributed by atoms with Crippen LogP contribution in [-0.4, -0.2) is 17.7 Å². The molecule has 0 radical (unpaired) electrons. The van der Waals surface area contributed by atoms with E-state index < -0.39 is 11.6 Å². The molecule has 0 atom stereocenters. The first-order valence-electron chi connectivity index (χ1n) is 5.92. The molecule has 0 unspecified atom stereocenters. The monoisotopic (exact) mass is 262 g/mol. The van der Waals surface area contributed by atoms with Gasteiger partial charge in [-0.3, -0.25) is 0 Å². The second-order valence-electron chi connectivity index (χ2n) is 4.15. The van der Waals surface area contributed by atoms with Gasteiger partial charge in [-0.25, -0.2) is 9.59 Å². The Kier molecular flexibility index (Phi) is 3.66. The van der Waals surface area contributed by atoms with Crippen LogP contribution in [0.3, 0.4) is 0 Å². The average molecular weight is 262 g/mol. The van der Waals surface area contributed by atoms with Crippen molar-refractivity contribution in [3.63, 3.8) is 0 Å². The highest BCUT2D eigenvalue weighted by Gasteiger charge is 2.15. The van der Waals surface area contributed by atoms with Crippen LogP contribution in [0, 0.1) is 6.92 Å². The molecule has 0 aliphatic carbocycles. The Morgan fingerprint density at radius 3 is 2.74 bits per heavy atom. The number of fused-ring (bicyclic) bond motifs is 1. The van der Waals surface area contributed by atoms with Gasteiger partial charge in [0, 0.05) is 5.39 Å². The molecule has 0 saturated carbocycles. The zero-order valence-corrected chi connectivity index (χ0v) is 10.7. The van der Waals surface area contributed by atoms with Crippen molar-refractivity contribution in [1.29, 1.82) is 0 Å². The van der Waals surface area contributed by atoms with Crippen LogP contribution in [0.1, 0.15) is 28.4 Å². The van der Waals surface area contributed by atoms with E-state index in [1.54, 1.807) is 19.1 Å². The molecule has 100 valence electrons. The van der Waals surface area contributed by atoms with Crippen LogP contribution in [0.5, 0.6) is 0 Å². The lowest BCUT2D eigenvalue weighted by Gasteiger charge is -2.06. The number of hydrogen-bond donors (Lipinski definition) is 1. The molecular formula is C14H14O5. The van der Waals surface area contributed by atoms with Crippen LogP contribution in [-0.2, 0) is 11.3 Å². The third-order valence-electron chi connectivity index (χ3n) is 2.80. The number of ether oxygens (including phenoxy) is 1. The van der Waals surface area contributed by atoms with E-state index in [9.17, 15) is 9.59 Å². The molecule has 1 aromatic carbocycles. The molecule has 5 heteroatoms. The van der Waals surface area contributed by atoms with E-state index in [0.717, 1.165) is 5.56 Å². The molecule has 0 aliphatic heterocycles. The number of aliphatic hydroxyl groups excluding tert-OH is 1. The zero-order valence-electron chi connectivity index (χ0n) is 10.7. The highest BCUT2D eigenvalue weighted by molar-refractivity contribution is 5.93. The summed E-state index contributed by atoms with van der Waals surface area (Å²) in [6, 6.07) is 4.82. The van der Waals surface area contributed by atoms with E-state index in [-0.39, 0.29) is 18.8 Å². The van der Waals surface area contributed by atoms with Crippen LogP contribution in [0.25, 0.3) is 11.0 Å². The molecule has 19 heavy (non-hydrogen) atoms. The molecular weight excluding hydrogens is 248 g/mol. The maximum atomic E-state index is 11.7. The molecule has 0 fully saturated rings. The zero-order chi connectivity index (χ0) is 14.0. The Hall–Kier alpha value is -2.14. The van der Waals surface area contributed by atoms with Gasteiger partial charge >= 0.3 is 11.6 Å². The van der Waals surface area contributed by atoms with Crippen molar-refractivity contribution < 1.29 is 19.1 Å². The van der Waals surface area contributed by atoms with Crippen LogP contribution in [0.4, 0.5) is 0 Å². The highest BCUT2D eigenvalue weighted by Crippen LogP contribution is 2.20. The first-order valence-corrected chi connectivity index (χ1v) is 5.92. The first-order chi connectivity index (χ1) is 9.06. The molecule has 2 aromatic rings. The molecule has 0 aliphatic rings. The van der Waals surface area contributed by atoms with Gasteiger partial charge in [-0.2, -0.15) is 0 Å². The summed E-state index contributed by atoms with van der Waals surface area (Å²) in [7, 11) is 0. The topological polar surface area (TPSA) is 76.7 Å². The average Bonchev–Trinajstić information content (AvgIpc) is 2.37. The predicted molar refractivity (Wildman–Crippen MR) is 69.1 cm³/mol. The summed E-state index contributed by atoms with van der Waals surface area (Å²) in [5.74, 6) is -0.691. The van der Waals surface area contributed by atoms with Crippen LogP contribution in [0.2, 0.25) is 0 Å². The number of carbonyl (C=O) groups excluding carboxylic acids is 1. The van der Waals surface area contributed by atoms with Crippen molar-refractivity contribution in [2.45, 2.75) is 20.5 Å². The summed E-state index contributed by atoms with van der Waals surface area (Å²) in [6.45, 7) is 3.54. The van der Waals surface area contributed by atoms with Gasteiger partial charge in [0.25, 0.3) is 0 Å². The van der Waals surface area contributed by atoms with Gasteiger partial charge in [-0.05, 0) is 37.1 Å². The van der Waals surface area contributed by atoms with Gasteiger partial charge < -0.3 is 14.3 Å². The third-order valence-corrected chi connectivity index (χ3v) is 2.80. The maximum Gasteiger partial charge on any atom is 0.351 e. The van der Waals surface area contributed by atoms with Crippen molar-refractivity contribution in [2.75, 3.05) is 6.61 Å². The van der Waals surface area contributed by atoms with Crippen LogP contribution in [0.15, 0.2) is 27.4 Å². The Balaban J connectivity index is 2.66. The number of hydrogen-bond acceptors (Lipinski definition) is 5. The van der Waals surface area contributed by atoms with E-state index in [1.807, 2.05) is 6.92 Å². The van der Waals surface area contributed by atoms with Gasteiger partial charge in [-0.15, -0.1) is 0 Å². The summed E-state index contributed by atoms with van der Waals surface area (Å²) < 4.78 is 9.92. The fraction of sp³-hybridized carbons (Fsp3) is 0.286. The Morgan fingerprint density at radius 2 is 2.11 bits per heavy atom. The fourth-order valence-corrected chi connectivity index (χ4v) is 1.91. The second kappa shape index (κ2) is 5.24. The van der Waals surface area contributed by atoms with Crippen molar-refractivity contribution in [2.24, 2.45) is 0 Å². The number of aliphatic hydroxyl groups is 1. The van der Waals surface area contributed by atoms with E-state index in [2.05, 4.69) is 0 Å². The van der Waals surface area contributed by atoms with E-state index in [0.29, 0.717) is 16.5 Å². The van der Waals surface area contributed by atoms with Gasteiger partial charge in [0.1, 0.15) is 11.1 Å². The summed E-state index contributed by atoms with van der Waals surface area (Å²) in [5.41, 5.74) is 0.963. The van der Waals surface area contributed by atoms with Crippen LogP contribution < -0.4 is 5.63 Å². The summed E-state index contributed by atoms with van der Waals surface area (Å²) in [5, 5.41) is 9.76. The second-order valence-corrected chi connectivity index (χ2v) is 4.15. The van der Waals surface area contributed by atoms with Gasteiger partial charge in [0.05, 0.1) is 13.2 Å². The minimum atomic E-state index is -0.736. The van der Waals surface area contributed by atoms with Crippen molar-refractivity contribution in [1.82, 2.24) is 0 Å². The maximum absolute atomic E-state index is 11.7. The van der Waals surface area contributed by atoms with Crippen LogP contribution >= 0.6 is 0 Å². The third kappa shape index (κ3) is 2.51. The molecule has 1 N–H and O–H groups in total. The molecule has 2 rings (SSSR count). The Morgan fingerprint density at radius 1 is 1.37 bits per heavy atom. The van der Waals surface area contributed by atoms with E-state index in [1.165, 1.54) is 6.07 Å². The summed E-state index contributed by atoms with van der Waals surface area (Å²) in [4.78, 5) is 23.4. The smallest absolute Gasteiger partial charge is 0.351 e. The minimum Gasteiger partial charge on any atom is -0.462 e. The van der Waals surface area contributed by atoms with E-state index in [4.69, 9.17) is 14.3 Å². The molecule has 1 heterocycles. The standard InChI is InChI=1S/C14H14O5/c1-3-18-13(16)11-6-10-8(2)4-9(7-15)5-12(10)19-14(11)17/h4-6,15H,3,7H2,1-2H3. The largest absolute Gasteiger partial charge is 0.462 e. The first kappa shape index (κ1) is 13.3. The quantitative estimate of drug-likeness (QED) is 0.673. The Labute approximate surface area is 109 Å². The number of carbonyl (C=O) groups is 1. The summed E-state index contributed by atoms with van der Waals surface area (Å²) >= 11 is 0. The van der Waals surface area contributed by atoms with Crippen molar-refractivity contribution in [3.8, 4) is 0 Å². The lowest BCUT2D eigenvalue weighted by atomic mass is 10.1. The molecule has 1 aromatic heterocycles. The van der Waals surface area contributed by atoms with Gasteiger partial charge in [0.15, 0.2) is 0 Å². The number of esters is 1. The van der Waals surface area contributed by atoms with Crippen molar-refractivity contribution in [3.05, 3.63) is 45.3 Å². The summed E-state index contributed by atoms with van der Waals surface area (Å²) in [6.07, 6.45) is 0. The molecule has 0 saturated heterocycles. The van der Waals surface area contributed by atoms with E-state index >= 15 is 0 Å². The minimum absolute atomic E-state index is 0.116. The lowest BCUT2D eigenvalue weighted by molar-refractivity contribution is 0.0522. The molecule has 0 spiro atoms. The number of benzene rings is 1. The molecule has 5 nitrogen and oxygen atoms in total. The number of rotatable bonds is 3. The molecule has 0 bridgehead atoms. The highest BCUT2D eigenvalue weighted by atomic mass is 16.5. The fourth-order valence-electron chi connectivity index (χ4n) is 1.91. The Bertz CT molecular complexity index is 684. The molecule has 0 amide bonds.